The van der Waals surface area contributed by atoms with Crippen molar-refractivity contribution in [1.82, 2.24) is 4.98 Å². The fraction of sp³-hybridized carbons (Fsp3) is 0.500. The number of aromatic nitrogens is 1. The van der Waals surface area contributed by atoms with Crippen LogP contribution in [0.2, 0.25) is 0 Å². The summed E-state index contributed by atoms with van der Waals surface area (Å²) in [4.78, 5) is 3.74. The number of nitrogens with zero attached hydrogens (tertiary/aromatic N) is 1. The van der Waals surface area contributed by atoms with E-state index in [-0.39, 0.29) is 6.04 Å². The van der Waals surface area contributed by atoms with Crippen molar-refractivity contribution in [3.63, 3.8) is 0 Å². The summed E-state index contributed by atoms with van der Waals surface area (Å²) in [5.74, 6) is 0.154. The average Bonchev–Trinajstić information content (AvgIpc) is 2.51. The Bertz CT molecular complexity index is 316. The number of nitrogens with two attached hydrogens (primary N) is 1. The van der Waals surface area contributed by atoms with E-state index in [1.165, 1.54) is 6.07 Å². The highest BCUT2D eigenvalue weighted by atomic mass is 19.1. The molecular formula is C10H14FN3. The van der Waals surface area contributed by atoms with E-state index in [2.05, 4.69) is 10.3 Å². The van der Waals surface area contributed by atoms with Gasteiger partial charge in [0, 0.05) is 12.1 Å². The summed E-state index contributed by atoms with van der Waals surface area (Å²) in [7, 11) is 0. The third kappa shape index (κ3) is 2.20. The van der Waals surface area contributed by atoms with E-state index in [4.69, 9.17) is 5.73 Å². The summed E-state index contributed by atoms with van der Waals surface area (Å²) in [6, 6.07) is 5.39. The maximum absolute atomic E-state index is 12.7. The van der Waals surface area contributed by atoms with E-state index in [1.54, 1.807) is 12.1 Å². The van der Waals surface area contributed by atoms with Crippen molar-refractivity contribution in [3.05, 3.63) is 24.1 Å². The molecule has 0 amide bonds. The van der Waals surface area contributed by atoms with Gasteiger partial charge in [-0.25, -0.2) is 4.98 Å². The zero-order valence-electron chi connectivity index (χ0n) is 7.91. The molecule has 14 heavy (non-hydrogen) atoms. The van der Waals surface area contributed by atoms with Crippen molar-refractivity contribution in [2.75, 3.05) is 5.32 Å². The van der Waals surface area contributed by atoms with E-state index in [1.807, 2.05) is 0 Å². The molecule has 1 fully saturated rings. The molecule has 0 radical (unpaired) electrons. The van der Waals surface area contributed by atoms with Crippen LogP contribution in [0.5, 0.6) is 0 Å². The zero-order valence-corrected chi connectivity index (χ0v) is 7.91. The van der Waals surface area contributed by atoms with Crippen molar-refractivity contribution in [1.29, 1.82) is 0 Å². The highest BCUT2D eigenvalue weighted by molar-refractivity contribution is 5.35. The highest BCUT2D eigenvalue weighted by Gasteiger charge is 2.21. The molecule has 2 atom stereocenters. The molecule has 1 aromatic heterocycles. The Morgan fingerprint density at radius 3 is 2.93 bits per heavy atom. The minimum absolute atomic E-state index is 0.279. The first-order chi connectivity index (χ1) is 6.74. The van der Waals surface area contributed by atoms with Crippen LogP contribution in [0.3, 0.4) is 0 Å². The lowest BCUT2D eigenvalue weighted by atomic mass is 10.2. The molecule has 0 spiro atoms. The molecule has 1 heterocycles. The predicted octanol–water partition coefficient (Wildman–Crippen LogP) is 1.51. The van der Waals surface area contributed by atoms with Crippen LogP contribution >= 0.6 is 0 Å². The van der Waals surface area contributed by atoms with E-state index >= 15 is 0 Å². The Kier molecular flexibility index (Phi) is 2.63. The lowest BCUT2D eigenvalue weighted by molar-refractivity contribution is 0.583. The van der Waals surface area contributed by atoms with Gasteiger partial charge in [0.1, 0.15) is 5.82 Å². The summed E-state index contributed by atoms with van der Waals surface area (Å²) in [5.41, 5.74) is 5.77. The first-order valence-corrected chi connectivity index (χ1v) is 4.89. The van der Waals surface area contributed by atoms with Gasteiger partial charge in [-0.15, -0.1) is 0 Å². The standard InChI is InChI=1S/C10H14FN3/c11-9-2-1-3-10(14-9)13-8-5-4-7(12)6-8/h1-3,7-8H,4-6,12H2,(H,13,14). The summed E-state index contributed by atoms with van der Waals surface area (Å²) in [6.07, 6.45) is 3.02. The predicted molar refractivity (Wildman–Crippen MR) is 53.4 cm³/mol. The van der Waals surface area contributed by atoms with Gasteiger partial charge in [-0.3, -0.25) is 0 Å². The fourth-order valence-corrected chi connectivity index (χ4v) is 1.85. The number of pyridine rings is 1. The molecule has 3 N–H and O–H groups in total. The molecule has 76 valence electrons. The van der Waals surface area contributed by atoms with Gasteiger partial charge in [0.15, 0.2) is 0 Å². The van der Waals surface area contributed by atoms with Gasteiger partial charge in [-0.1, -0.05) is 6.07 Å². The van der Waals surface area contributed by atoms with E-state index in [9.17, 15) is 4.39 Å². The van der Waals surface area contributed by atoms with Crippen molar-refractivity contribution in [2.24, 2.45) is 5.73 Å². The Morgan fingerprint density at radius 2 is 2.29 bits per heavy atom. The average molecular weight is 195 g/mol. The van der Waals surface area contributed by atoms with Gasteiger partial charge in [0.25, 0.3) is 0 Å². The molecule has 2 unspecified atom stereocenters. The molecular weight excluding hydrogens is 181 g/mol. The van der Waals surface area contributed by atoms with Crippen LogP contribution in [0.4, 0.5) is 10.2 Å². The molecule has 1 saturated carbocycles. The second-order valence-electron chi connectivity index (χ2n) is 3.76. The Morgan fingerprint density at radius 1 is 1.43 bits per heavy atom. The maximum atomic E-state index is 12.7. The lowest BCUT2D eigenvalue weighted by Crippen LogP contribution is -2.21. The van der Waals surface area contributed by atoms with Crippen molar-refractivity contribution in [3.8, 4) is 0 Å². The molecule has 1 aliphatic carbocycles. The number of rotatable bonds is 2. The first kappa shape index (κ1) is 9.40. The minimum atomic E-state index is -0.447. The van der Waals surface area contributed by atoms with Crippen LogP contribution in [0, 0.1) is 5.95 Å². The van der Waals surface area contributed by atoms with Gasteiger partial charge < -0.3 is 11.1 Å². The molecule has 3 nitrogen and oxygen atoms in total. The van der Waals surface area contributed by atoms with Gasteiger partial charge in [0.2, 0.25) is 5.95 Å². The zero-order chi connectivity index (χ0) is 9.97. The number of nitrogens with one attached hydrogen (secondary N) is 1. The molecule has 0 aromatic carbocycles. The normalized spacial score (nSPS) is 26.4. The fourth-order valence-electron chi connectivity index (χ4n) is 1.85. The van der Waals surface area contributed by atoms with Gasteiger partial charge in [-0.05, 0) is 31.4 Å². The van der Waals surface area contributed by atoms with Crippen LogP contribution in [0.15, 0.2) is 18.2 Å². The SMILES string of the molecule is NC1CCC(Nc2cccc(F)n2)C1. The van der Waals surface area contributed by atoms with Crippen LogP contribution in [-0.4, -0.2) is 17.1 Å². The second kappa shape index (κ2) is 3.92. The molecule has 0 bridgehead atoms. The van der Waals surface area contributed by atoms with E-state index < -0.39 is 5.95 Å². The number of anilines is 1. The Balaban J connectivity index is 1.97. The monoisotopic (exact) mass is 195 g/mol. The van der Waals surface area contributed by atoms with E-state index in [0.29, 0.717) is 11.9 Å². The molecule has 1 aliphatic rings. The van der Waals surface area contributed by atoms with Crippen molar-refractivity contribution >= 4 is 5.82 Å². The summed E-state index contributed by atoms with van der Waals surface area (Å²) in [5, 5.41) is 3.18. The smallest absolute Gasteiger partial charge is 0.214 e. The third-order valence-electron chi connectivity index (χ3n) is 2.54. The van der Waals surface area contributed by atoms with Crippen molar-refractivity contribution in [2.45, 2.75) is 31.3 Å². The quantitative estimate of drug-likeness (QED) is 0.703. The van der Waals surface area contributed by atoms with Gasteiger partial charge in [0.05, 0.1) is 0 Å². The Hall–Kier alpha value is -1.16. The molecule has 2 rings (SSSR count). The van der Waals surface area contributed by atoms with Gasteiger partial charge in [-0.2, -0.15) is 4.39 Å². The molecule has 4 heteroatoms. The van der Waals surface area contributed by atoms with Crippen LogP contribution in [0.25, 0.3) is 0 Å². The van der Waals surface area contributed by atoms with Gasteiger partial charge >= 0.3 is 0 Å². The largest absolute Gasteiger partial charge is 0.367 e. The molecule has 1 aromatic rings. The third-order valence-corrected chi connectivity index (χ3v) is 2.54. The van der Waals surface area contributed by atoms with Crippen LogP contribution < -0.4 is 11.1 Å². The van der Waals surface area contributed by atoms with Crippen LogP contribution in [0.1, 0.15) is 19.3 Å². The number of halogens is 1. The van der Waals surface area contributed by atoms with Crippen LogP contribution in [-0.2, 0) is 0 Å². The maximum Gasteiger partial charge on any atom is 0.214 e. The summed E-state index contributed by atoms with van der Waals surface area (Å²) < 4.78 is 12.7. The minimum Gasteiger partial charge on any atom is -0.367 e. The summed E-state index contributed by atoms with van der Waals surface area (Å²) >= 11 is 0. The second-order valence-corrected chi connectivity index (χ2v) is 3.76. The number of hydrogen-bond acceptors (Lipinski definition) is 3. The Labute approximate surface area is 82.5 Å². The number of hydrogen-bond donors (Lipinski definition) is 2. The highest BCUT2D eigenvalue weighted by Crippen LogP contribution is 2.20. The van der Waals surface area contributed by atoms with Crippen molar-refractivity contribution < 1.29 is 4.39 Å². The lowest BCUT2D eigenvalue weighted by Gasteiger charge is -2.12. The molecule has 0 saturated heterocycles. The summed E-state index contributed by atoms with van der Waals surface area (Å²) in [6.45, 7) is 0. The topological polar surface area (TPSA) is 50.9 Å². The van der Waals surface area contributed by atoms with E-state index in [0.717, 1.165) is 19.3 Å². The molecule has 0 aliphatic heterocycles. The first-order valence-electron chi connectivity index (χ1n) is 4.89.